The van der Waals surface area contributed by atoms with Crippen LogP contribution < -0.4 is 0 Å². The quantitative estimate of drug-likeness (QED) is 0.0228. The maximum Gasteiger partial charge on any atom is 0.335 e. The second kappa shape index (κ2) is 56.8. The van der Waals surface area contributed by atoms with Crippen LogP contribution in [0.4, 0.5) is 0 Å². The first kappa shape index (κ1) is 75.4. The van der Waals surface area contributed by atoms with Gasteiger partial charge in [-0.1, -0.05) is 237 Å². The van der Waals surface area contributed by atoms with Crippen molar-refractivity contribution in [1.82, 2.24) is 0 Å². The SMILES string of the molecule is CC/C=C\C/C=C\C/C=C\C/C=C\C/C=C\C/C=C\CCC(=O)OCC(COC1OC(C(=O)O)C(O)C(O)C1OC(=O)C/C=C\C/C=C\C/C=C\C/C=C\C/C=C\CC)OC(=O)CCCCCCCCCCC/C=C\C/C=C\CCCCC. The van der Waals surface area contributed by atoms with Crippen molar-refractivity contribution >= 4 is 23.9 Å². The summed E-state index contributed by atoms with van der Waals surface area (Å²) in [5.74, 6) is -3.42. The minimum atomic E-state index is -1.95. The van der Waals surface area contributed by atoms with Crippen LogP contribution in [-0.4, -0.2) is 89.2 Å². The van der Waals surface area contributed by atoms with Crippen molar-refractivity contribution in [2.75, 3.05) is 13.2 Å². The zero-order chi connectivity index (χ0) is 60.3. The van der Waals surface area contributed by atoms with Gasteiger partial charge in [-0.25, -0.2) is 4.79 Å². The molecule has 1 heterocycles. The van der Waals surface area contributed by atoms with E-state index in [1.165, 1.54) is 51.4 Å². The van der Waals surface area contributed by atoms with Crippen LogP contribution in [-0.2, 0) is 42.9 Å². The first-order valence-corrected chi connectivity index (χ1v) is 31.5. The zero-order valence-electron chi connectivity index (χ0n) is 51.1. The number of aliphatic hydroxyl groups is 2. The number of aliphatic carboxylic acids is 1. The molecule has 0 bridgehead atoms. The summed E-state index contributed by atoms with van der Waals surface area (Å²) in [5.41, 5.74) is 0. The lowest BCUT2D eigenvalue weighted by Gasteiger charge is -2.40. The van der Waals surface area contributed by atoms with Gasteiger partial charge >= 0.3 is 23.9 Å². The Labute approximate surface area is 501 Å². The smallest absolute Gasteiger partial charge is 0.335 e. The number of aliphatic hydroxyl groups excluding tert-OH is 2. The summed E-state index contributed by atoms with van der Waals surface area (Å²) in [6.45, 7) is 5.62. The zero-order valence-corrected chi connectivity index (χ0v) is 51.1. The van der Waals surface area contributed by atoms with Gasteiger partial charge < -0.3 is 39.0 Å². The van der Waals surface area contributed by atoms with Crippen molar-refractivity contribution < 1.29 is 58.2 Å². The van der Waals surface area contributed by atoms with E-state index >= 15 is 0 Å². The Bertz CT molecular complexity index is 2050. The third kappa shape index (κ3) is 46.4. The van der Waals surface area contributed by atoms with Gasteiger partial charge in [-0.3, -0.25) is 14.4 Å². The first-order valence-electron chi connectivity index (χ1n) is 31.5. The highest BCUT2D eigenvalue weighted by atomic mass is 16.7. The molecule has 12 nitrogen and oxygen atoms in total. The molecule has 3 N–H and O–H groups in total. The molecule has 6 atom stereocenters. The molecule has 0 spiro atoms. The van der Waals surface area contributed by atoms with E-state index in [1.807, 2.05) is 24.3 Å². The molecule has 0 aromatic carbocycles. The first-order chi connectivity index (χ1) is 40.6. The highest BCUT2D eigenvalue weighted by Crippen LogP contribution is 2.26. The number of ether oxygens (including phenoxy) is 5. The average molecular weight is 1150 g/mol. The van der Waals surface area contributed by atoms with Crippen molar-refractivity contribution in [2.45, 2.75) is 250 Å². The number of carbonyl (C=O) groups excluding carboxylic acids is 3. The third-order valence-electron chi connectivity index (χ3n) is 13.1. The Balaban J connectivity index is 2.78. The summed E-state index contributed by atoms with van der Waals surface area (Å²) in [7, 11) is 0. The third-order valence-corrected chi connectivity index (χ3v) is 13.1. The topological polar surface area (TPSA) is 175 Å². The van der Waals surface area contributed by atoms with Gasteiger partial charge in [-0.2, -0.15) is 0 Å². The Kier molecular flexibility index (Phi) is 51.6. The number of allylic oxidation sites excluding steroid dienone is 25. The minimum absolute atomic E-state index is 0.0738. The molecule has 12 heteroatoms. The summed E-state index contributed by atoms with van der Waals surface area (Å²) in [4.78, 5) is 51.2. The lowest BCUT2D eigenvalue weighted by Crippen LogP contribution is -2.61. The fourth-order valence-corrected chi connectivity index (χ4v) is 8.38. The average Bonchev–Trinajstić information content (AvgIpc) is 3.58. The van der Waals surface area contributed by atoms with E-state index < -0.39 is 67.3 Å². The second-order valence-corrected chi connectivity index (χ2v) is 20.6. The highest BCUT2D eigenvalue weighted by Gasteiger charge is 2.50. The number of carboxylic acid groups (broad SMARTS) is 1. The lowest BCUT2D eigenvalue weighted by atomic mass is 9.98. The number of carbonyl (C=O) groups is 4. The monoisotopic (exact) mass is 1150 g/mol. The number of unbranched alkanes of at least 4 members (excludes halogenated alkanes) is 12. The fourth-order valence-electron chi connectivity index (χ4n) is 8.38. The Morgan fingerprint density at radius 3 is 1.27 bits per heavy atom. The van der Waals surface area contributed by atoms with Crippen LogP contribution in [0.1, 0.15) is 213 Å². The van der Waals surface area contributed by atoms with Gasteiger partial charge in [-0.05, 0) is 116 Å². The number of rotatable bonds is 51. The van der Waals surface area contributed by atoms with Gasteiger partial charge in [0.1, 0.15) is 18.8 Å². The molecular weight excluding hydrogens is 1040 g/mol. The van der Waals surface area contributed by atoms with E-state index in [1.54, 1.807) is 12.2 Å². The summed E-state index contributed by atoms with van der Waals surface area (Å²) in [5, 5.41) is 31.5. The molecule has 0 aliphatic carbocycles. The predicted octanol–water partition coefficient (Wildman–Crippen LogP) is 16.9. The maximum absolute atomic E-state index is 13.2. The predicted molar refractivity (Wildman–Crippen MR) is 339 cm³/mol. The van der Waals surface area contributed by atoms with Crippen LogP contribution in [0.25, 0.3) is 0 Å². The summed E-state index contributed by atoms with van der Waals surface area (Å²) < 4.78 is 28.3. The summed E-state index contributed by atoms with van der Waals surface area (Å²) >= 11 is 0. The van der Waals surface area contributed by atoms with E-state index in [0.29, 0.717) is 25.7 Å². The Hall–Kier alpha value is -5.66. The van der Waals surface area contributed by atoms with Crippen LogP contribution in [0.3, 0.4) is 0 Å². The molecule has 0 saturated carbocycles. The number of hydrogen-bond acceptors (Lipinski definition) is 11. The van der Waals surface area contributed by atoms with E-state index in [0.717, 1.165) is 96.3 Å². The summed E-state index contributed by atoms with van der Waals surface area (Å²) in [6, 6.07) is 0. The molecule has 1 aliphatic heterocycles. The number of carboxylic acids is 1. The molecule has 1 aliphatic rings. The second-order valence-electron chi connectivity index (χ2n) is 20.6. The molecule has 1 fully saturated rings. The molecule has 0 aromatic rings. The van der Waals surface area contributed by atoms with Crippen molar-refractivity contribution in [2.24, 2.45) is 0 Å². The molecule has 6 unspecified atom stereocenters. The molecule has 0 aromatic heterocycles. The van der Waals surface area contributed by atoms with Crippen molar-refractivity contribution in [1.29, 1.82) is 0 Å². The van der Waals surface area contributed by atoms with Gasteiger partial charge in [0.05, 0.1) is 13.0 Å². The molecular formula is C71H108O12. The van der Waals surface area contributed by atoms with Gasteiger partial charge in [-0.15, -0.1) is 0 Å². The van der Waals surface area contributed by atoms with Crippen LogP contribution in [0.2, 0.25) is 0 Å². The highest BCUT2D eigenvalue weighted by molar-refractivity contribution is 5.74. The minimum Gasteiger partial charge on any atom is -0.479 e. The van der Waals surface area contributed by atoms with Gasteiger partial charge in [0, 0.05) is 12.8 Å². The van der Waals surface area contributed by atoms with Gasteiger partial charge in [0.25, 0.3) is 0 Å². The van der Waals surface area contributed by atoms with Gasteiger partial charge in [0.15, 0.2) is 24.6 Å². The Morgan fingerprint density at radius 1 is 0.422 bits per heavy atom. The normalized spacial score (nSPS) is 18.7. The molecule has 0 radical (unpaired) electrons. The van der Waals surface area contributed by atoms with Crippen LogP contribution in [0, 0.1) is 0 Å². The van der Waals surface area contributed by atoms with Crippen LogP contribution in [0.5, 0.6) is 0 Å². The van der Waals surface area contributed by atoms with E-state index in [2.05, 4.69) is 142 Å². The standard InChI is InChI=1S/C71H108O12/c1-4-7-10-13-16-19-22-25-28-30-32-34-37-39-42-45-48-51-54-57-63(72)79-60-62(81-64(73)58-55-52-49-46-43-41-38-35-33-31-29-26-23-20-17-14-11-8-5-2)61-80-71-69(67(76)66(75)68(83-71)70(77)78)82-65(74)59-56-53-50-47-44-40-36-27-24-21-18-15-12-9-6-3/h7,9-10,12,16-21,25-29,32,34,36,39,42,44,47-48,51,53,56,62,66-69,71,75-76H,4-6,8,11,13-15,22-24,30-31,33,35,37-38,40-41,43,45-46,49-50,52,54-55,57-61H2,1-3H3,(H,77,78)/b10-7-,12-9-,19-16-,20-17-,21-18-,28-25-,29-26-,34-32-,36-27-,42-39-,47-44-,51-48-,56-53-. The largest absolute Gasteiger partial charge is 0.479 e. The van der Waals surface area contributed by atoms with Gasteiger partial charge in [0.2, 0.25) is 0 Å². The molecule has 1 saturated heterocycles. The lowest BCUT2D eigenvalue weighted by molar-refractivity contribution is -0.301. The Morgan fingerprint density at radius 2 is 0.819 bits per heavy atom. The molecule has 1 rings (SSSR count). The van der Waals surface area contributed by atoms with Crippen LogP contribution >= 0.6 is 0 Å². The molecule has 83 heavy (non-hydrogen) atoms. The maximum atomic E-state index is 13.2. The number of hydrogen-bond donors (Lipinski definition) is 3. The fraction of sp³-hybridized carbons (Fsp3) is 0.577. The summed E-state index contributed by atoms with van der Waals surface area (Å²) in [6.07, 6.45) is 71.0. The molecule has 0 amide bonds. The van der Waals surface area contributed by atoms with E-state index in [9.17, 15) is 34.5 Å². The van der Waals surface area contributed by atoms with Crippen molar-refractivity contribution in [3.05, 3.63) is 158 Å². The molecule has 464 valence electrons. The van der Waals surface area contributed by atoms with Crippen molar-refractivity contribution in [3.8, 4) is 0 Å². The van der Waals surface area contributed by atoms with E-state index in [4.69, 9.17) is 23.7 Å². The van der Waals surface area contributed by atoms with Crippen molar-refractivity contribution in [3.63, 3.8) is 0 Å². The number of esters is 3. The van der Waals surface area contributed by atoms with E-state index in [-0.39, 0.29) is 25.9 Å². The van der Waals surface area contributed by atoms with Crippen LogP contribution in [0.15, 0.2) is 158 Å².